The molecule has 7 heteroatoms. The molecular weight excluding hydrogens is 332 g/mol. The van der Waals surface area contributed by atoms with Gasteiger partial charge < -0.3 is 10.0 Å². The Kier molecular flexibility index (Phi) is 4.36. The van der Waals surface area contributed by atoms with E-state index in [2.05, 4.69) is 4.98 Å². The standard InChI is InChI=1S/C17H17F2N3OS/c1-3-9(2)22-7-14(23)15(16(22)20)17-21-13(8-24-17)10-4-5-11(18)12(19)6-10/h4-6,8-9,20,23H,3,7H2,1-2H3. The molecular formula is C17H17F2N3OS. The molecule has 1 aliphatic rings. The Balaban J connectivity index is 1.92. The fourth-order valence-corrected chi connectivity index (χ4v) is 3.49. The van der Waals surface area contributed by atoms with Crippen molar-refractivity contribution in [2.75, 3.05) is 6.54 Å². The molecule has 0 aliphatic carbocycles. The van der Waals surface area contributed by atoms with E-state index >= 15 is 0 Å². The van der Waals surface area contributed by atoms with E-state index in [1.807, 2.05) is 18.7 Å². The van der Waals surface area contributed by atoms with E-state index in [4.69, 9.17) is 5.41 Å². The third-order valence-electron chi connectivity index (χ3n) is 4.19. The molecule has 0 radical (unpaired) electrons. The Hall–Kier alpha value is -2.28. The molecule has 24 heavy (non-hydrogen) atoms. The van der Waals surface area contributed by atoms with Gasteiger partial charge in [0, 0.05) is 17.0 Å². The highest BCUT2D eigenvalue weighted by atomic mass is 32.1. The highest BCUT2D eigenvalue weighted by Gasteiger charge is 2.32. The number of benzene rings is 1. The smallest absolute Gasteiger partial charge is 0.159 e. The third-order valence-corrected chi connectivity index (χ3v) is 5.05. The molecule has 0 saturated heterocycles. The van der Waals surface area contributed by atoms with E-state index in [0.29, 0.717) is 28.4 Å². The predicted octanol–water partition coefficient (Wildman–Crippen LogP) is 4.45. The maximum atomic E-state index is 13.4. The van der Waals surface area contributed by atoms with Crippen LogP contribution in [0.3, 0.4) is 0 Å². The van der Waals surface area contributed by atoms with Gasteiger partial charge in [0.05, 0.1) is 17.8 Å². The minimum absolute atomic E-state index is 0.117. The van der Waals surface area contributed by atoms with E-state index in [1.54, 1.807) is 5.38 Å². The summed E-state index contributed by atoms with van der Waals surface area (Å²) in [4.78, 5) is 6.22. The summed E-state index contributed by atoms with van der Waals surface area (Å²) in [7, 11) is 0. The number of rotatable bonds is 4. The Morgan fingerprint density at radius 1 is 1.38 bits per heavy atom. The van der Waals surface area contributed by atoms with Gasteiger partial charge in [0.2, 0.25) is 0 Å². The van der Waals surface area contributed by atoms with Gasteiger partial charge in [-0.15, -0.1) is 11.3 Å². The molecule has 0 fully saturated rings. The van der Waals surface area contributed by atoms with Crippen LogP contribution >= 0.6 is 11.3 Å². The number of aliphatic hydroxyl groups excluding tert-OH is 1. The van der Waals surface area contributed by atoms with Crippen molar-refractivity contribution in [3.05, 3.63) is 46.0 Å². The second-order valence-electron chi connectivity index (χ2n) is 5.72. The van der Waals surface area contributed by atoms with Crippen molar-refractivity contribution in [2.45, 2.75) is 26.3 Å². The lowest BCUT2D eigenvalue weighted by Crippen LogP contribution is -2.34. The summed E-state index contributed by atoms with van der Waals surface area (Å²) in [5.41, 5.74) is 1.36. The first kappa shape index (κ1) is 16.6. The summed E-state index contributed by atoms with van der Waals surface area (Å²) in [6.45, 7) is 4.32. The van der Waals surface area contributed by atoms with Crippen molar-refractivity contribution in [1.29, 1.82) is 5.41 Å². The van der Waals surface area contributed by atoms with Gasteiger partial charge in [-0.1, -0.05) is 6.92 Å². The van der Waals surface area contributed by atoms with Crippen LogP contribution in [0.1, 0.15) is 25.3 Å². The van der Waals surface area contributed by atoms with Gasteiger partial charge in [-0.05, 0) is 31.5 Å². The van der Waals surface area contributed by atoms with Crippen molar-refractivity contribution < 1.29 is 13.9 Å². The van der Waals surface area contributed by atoms with Crippen LogP contribution in [-0.2, 0) is 0 Å². The van der Waals surface area contributed by atoms with Crippen molar-refractivity contribution in [3.63, 3.8) is 0 Å². The summed E-state index contributed by atoms with van der Waals surface area (Å²) in [6, 6.07) is 3.75. The van der Waals surface area contributed by atoms with Crippen molar-refractivity contribution in [1.82, 2.24) is 9.88 Å². The lowest BCUT2D eigenvalue weighted by Gasteiger charge is -2.25. The van der Waals surface area contributed by atoms with E-state index < -0.39 is 11.6 Å². The molecule has 1 unspecified atom stereocenters. The highest BCUT2D eigenvalue weighted by molar-refractivity contribution is 7.11. The van der Waals surface area contributed by atoms with Crippen LogP contribution in [-0.4, -0.2) is 33.4 Å². The molecule has 1 atom stereocenters. The van der Waals surface area contributed by atoms with E-state index in [9.17, 15) is 13.9 Å². The molecule has 2 heterocycles. The molecule has 0 bridgehead atoms. The maximum absolute atomic E-state index is 13.4. The average Bonchev–Trinajstić information content (AvgIpc) is 3.14. The largest absolute Gasteiger partial charge is 0.510 e. The minimum atomic E-state index is -0.930. The predicted molar refractivity (Wildman–Crippen MR) is 91.2 cm³/mol. The quantitative estimate of drug-likeness (QED) is 0.857. The van der Waals surface area contributed by atoms with E-state index in [1.165, 1.54) is 17.4 Å². The Labute approximate surface area is 142 Å². The summed E-state index contributed by atoms with van der Waals surface area (Å²) < 4.78 is 26.4. The third kappa shape index (κ3) is 2.80. The summed E-state index contributed by atoms with van der Waals surface area (Å²) >= 11 is 1.27. The fourth-order valence-electron chi connectivity index (χ4n) is 2.60. The fraction of sp³-hybridized carbons (Fsp3) is 0.294. The molecule has 1 aromatic carbocycles. The number of aromatic nitrogens is 1. The maximum Gasteiger partial charge on any atom is 0.159 e. The van der Waals surface area contributed by atoms with Gasteiger partial charge in [0.1, 0.15) is 16.6 Å². The number of thiazole rings is 1. The number of nitrogens with zero attached hydrogens (tertiary/aromatic N) is 2. The molecule has 0 amide bonds. The first-order chi connectivity index (χ1) is 11.4. The van der Waals surface area contributed by atoms with E-state index in [-0.39, 0.29) is 17.6 Å². The summed E-state index contributed by atoms with van der Waals surface area (Å²) in [6.07, 6.45) is 0.862. The Morgan fingerprint density at radius 2 is 2.12 bits per heavy atom. The average molecular weight is 349 g/mol. The van der Waals surface area contributed by atoms with Crippen LogP contribution in [0.15, 0.2) is 29.3 Å². The van der Waals surface area contributed by atoms with Gasteiger partial charge in [-0.2, -0.15) is 0 Å². The van der Waals surface area contributed by atoms with Gasteiger partial charge in [-0.3, -0.25) is 5.41 Å². The first-order valence-corrected chi connectivity index (χ1v) is 8.49. The zero-order valence-electron chi connectivity index (χ0n) is 13.3. The molecule has 0 spiro atoms. The normalized spacial score (nSPS) is 16.2. The molecule has 3 rings (SSSR count). The van der Waals surface area contributed by atoms with Gasteiger partial charge in [0.25, 0.3) is 0 Å². The SMILES string of the molecule is CCC(C)N1CC(O)=C(c2nc(-c3ccc(F)c(F)c3)cs2)C1=N. The zero-order chi connectivity index (χ0) is 17.4. The van der Waals surface area contributed by atoms with Crippen LogP contribution in [0.5, 0.6) is 0 Å². The number of hydrogen-bond acceptors (Lipinski definition) is 4. The topological polar surface area (TPSA) is 60.2 Å². The van der Waals surface area contributed by atoms with E-state index in [0.717, 1.165) is 18.6 Å². The molecule has 1 aliphatic heterocycles. The lowest BCUT2D eigenvalue weighted by atomic mass is 10.1. The van der Waals surface area contributed by atoms with Crippen LogP contribution in [0, 0.1) is 17.0 Å². The second kappa shape index (κ2) is 6.32. The number of halogens is 2. The zero-order valence-corrected chi connectivity index (χ0v) is 14.1. The van der Waals surface area contributed by atoms with Crippen LogP contribution in [0.2, 0.25) is 0 Å². The van der Waals surface area contributed by atoms with Crippen molar-refractivity contribution in [3.8, 4) is 11.3 Å². The Morgan fingerprint density at radius 3 is 2.79 bits per heavy atom. The van der Waals surface area contributed by atoms with Crippen molar-refractivity contribution >= 4 is 22.7 Å². The van der Waals surface area contributed by atoms with Gasteiger partial charge in [0.15, 0.2) is 11.6 Å². The first-order valence-electron chi connectivity index (χ1n) is 7.61. The number of hydrogen-bond donors (Lipinski definition) is 2. The second-order valence-corrected chi connectivity index (χ2v) is 6.58. The van der Waals surface area contributed by atoms with Gasteiger partial charge >= 0.3 is 0 Å². The molecule has 4 nitrogen and oxygen atoms in total. The molecule has 0 saturated carbocycles. The number of amidine groups is 1. The summed E-state index contributed by atoms with van der Waals surface area (Å²) in [5, 5.41) is 20.8. The molecule has 126 valence electrons. The monoisotopic (exact) mass is 349 g/mol. The molecule has 2 aromatic rings. The minimum Gasteiger partial charge on any atom is -0.510 e. The van der Waals surface area contributed by atoms with Crippen LogP contribution in [0.25, 0.3) is 16.8 Å². The number of aliphatic hydroxyl groups is 1. The van der Waals surface area contributed by atoms with Crippen molar-refractivity contribution in [2.24, 2.45) is 0 Å². The van der Waals surface area contributed by atoms with Gasteiger partial charge in [-0.25, -0.2) is 13.8 Å². The highest BCUT2D eigenvalue weighted by Crippen LogP contribution is 2.33. The van der Waals surface area contributed by atoms with Crippen LogP contribution in [0.4, 0.5) is 8.78 Å². The lowest BCUT2D eigenvalue weighted by molar-refractivity contribution is 0.301. The van der Waals surface area contributed by atoms with Crippen LogP contribution < -0.4 is 0 Å². The summed E-state index contributed by atoms with van der Waals surface area (Å²) in [5.74, 6) is -1.48. The molecule has 2 N–H and O–H groups in total. The Bertz CT molecular complexity index is 831. The molecule has 1 aromatic heterocycles. The number of nitrogens with one attached hydrogen (secondary N) is 1.